The molecule has 0 spiro atoms. The van der Waals surface area contributed by atoms with Crippen LogP contribution in [0, 0.1) is 13.8 Å². The second kappa shape index (κ2) is 4.94. The Morgan fingerprint density at radius 3 is 2.70 bits per heavy atom. The van der Waals surface area contributed by atoms with E-state index in [0.717, 1.165) is 29.3 Å². The van der Waals surface area contributed by atoms with Gasteiger partial charge in [-0.15, -0.1) is 11.3 Å². The zero-order valence-electron chi connectivity index (χ0n) is 12.1. The van der Waals surface area contributed by atoms with Crippen LogP contribution in [-0.4, -0.2) is 9.55 Å². The zero-order valence-corrected chi connectivity index (χ0v) is 12.9. The van der Waals surface area contributed by atoms with Crippen LogP contribution in [0.5, 0.6) is 0 Å². The summed E-state index contributed by atoms with van der Waals surface area (Å²) < 4.78 is 2.31. The number of rotatable bonds is 3. The minimum absolute atomic E-state index is 0.851. The standard InChI is InChI=1S/C16H19N3S/c1-4-7-19-13-6-5-10(2)8-12(13)18-16(19)15-11(3)9-14(17)20-15/h5-6,8-9H,4,7,17H2,1-3H3. The van der Waals surface area contributed by atoms with Gasteiger partial charge in [-0.3, -0.25) is 0 Å². The summed E-state index contributed by atoms with van der Waals surface area (Å²) in [4.78, 5) is 6.04. The van der Waals surface area contributed by atoms with Crippen molar-refractivity contribution in [2.75, 3.05) is 5.73 Å². The number of imidazole rings is 1. The van der Waals surface area contributed by atoms with Crippen LogP contribution in [0.3, 0.4) is 0 Å². The monoisotopic (exact) mass is 285 g/mol. The van der Waals surface area contributed by atoms with Crippen LogP contribution >= 0.6 is 11.3 Å². The van der Waals surface area contributed by atoms with E-state index < -0.39 is 0 Å². The van der Waals surface area contributed by atoms with Gasteiger partial charge in [0.2, 0.25) is 0 Å². The van der Waals surface area contributed by atoms with E-state index in [9.17, 15) is 0 Å². The van der Waals surface area contributed by atoms with Crippen molar-refractivity contribution in [1.82, 2.24) is 9.55 Å². The molecule has 0 saturated heterocycles. The molecular weight excluding hydrogens is 266 g/mol. The Morgan fingerprint density at radius 1 is 1.25 bits per heavy atom. The molecule has 0 radical (unpaired) electrons. The minimum Gasteiger partial charge on any atom is -0.391 e. The van der Waals surface area contributed by atoms with Gasteiger partial charge in [0.15, 0.2) is 5.82 Å². The van der Waals surface area contributed by atoms with E-state index in [0.29, 0.717) is 0 Å². The highest BCUT2D eigenvalue weighted by atomic mass is 32.1. The van der Waals surface area contributed by atoms with Crippen molar-refractivity contribution in [3.63, 3.8) is 0 Å². The van der Waals surface area contributed by atoms with Gasteiger partial charge >= 0.3 is 0 Å². The highest BCUT2D eigenvalue weighted by molar-refractivity contribution is 7.19. The van der Waals surface area contributed by atoms with Crippen LogP contribution in [0.4, 0.5) is 5.00 Å². The number of nitrogens with two attached hydrogens (primary N) is 1. The van der Waals surface area contributed by atoms with Gasteiger partial charge in [0.1, 0.15) is 0 Å². The molecule has 3 rings (SSSR count). The smallest absolute Gasteiger partial charge is 0.151 e. The fraction of sp³-hybridized carbons (Fsp3) is 0.312. The number of nitrogens with zero attached hydrogens (tertiary/aromatic N) is 2. The lowest BCUT2D eigenvalue weighted by Crippen LogP contribution is -1.99. The quantitative estimate of drug-likeness (QED) is 0.776. The topological polar surface area (TPSA) is 43.8 Å². The molecule has 0 aliphatic rings. The molecule has 2 aromatic heterocycles. The van der Waals surface area contributed by atoms with Gasteiger partial charge in [0, 0.05) is 6.54 Å². The van der Waals surface area contributed by atoms with Gasteiger partial charge in [-0.2, -0.15) is 0 Å². The zero-order chi connectivity index (χ0) is 14.3. The molecule has 4 heteroatoms. The van der Waals surface area contributed by atoms with E-state index >= 15 is 0 Å². The second-order valence-corrected chi connectivity index (χ2v) is 6.32. The Bertz CT molecular complexity index is 767. The lowest BCUT2D eigenvalue weighted by molar-refractivity contribution is 0.705. The van der Waals surface area contributed by atoms with Crippen molar-refractivity contribution in [1.29, 1.82) is 0 Å². The lowest BCUT2D eigenvalue weighted by Gasteiger charge is -2.07. The van der Waals surface area contributed by atoms with Crippen LogP contribution < -0.4 is 5.73 Å². The first-order chi connectivity index (χ1) is 9.60. The van der Waals surface area contributed by atoms with E-state index in [2.05, 4.69) is 43.5 Å². The van der Waals surface area contributed by atoms with Crippen molar-refractivity contribution >= 4 is 27.4 Å². The summed E-state index contributed by atoms with van der Waals surface area (Å²) in [5.41, 5.74) is 10.7. The molecule has 2 N–H and O–H groups in total. The minimum atomic E-state index is 0.851. The molecule has 2 heterocycles. The molecule has 20 heavy (non-hydrogen) atoms. The van der Waals surface area contributed by atoms with E-state index in [-0.39, 0.29) is 0 Å². The molecule has 0 aliphatic heterocycles. The fourth-order valence-electron chi connectivity index (χ4n) is 2.59. The van der Waals surface area contributed by atoms with E-state index in [4.69, 9.17) is 10.7 Å². The average Bonchev–Trinajstić information content (AvgIpc) is 2.90. The molecular formula is C16H19N3S. The third kappa shape index (κ3) is 2.10. The van der Waals surface area contributed by atoms with Crippen molar-refractivity contribution in [2.45, 2.75) is 33.7 Å². The normalized spacial score (nSPS) is 11.3. The lowest BCUT2D eigenvalue weighted by atomic mass is 10.2. The number of benzene rings is 1. The molecule has 3 nitrogen and oxygen atoms in total. The first-order valence-corrected chi connectivity index (χ1v) is 7.75. The molecule has 0 unspecified atom stereocenters. The average molecular weight is 285 g/mol. The molecule has 0 saturated carbocycles. The maximum Gasteiger partial charge on any atom is 0.151 e. The predicted octanol–water partition coefficient (Wildman–Crippen LogP) is 4.37. The Kier molecular flexibility index (Phi) is 3.26. The van der Waals surface area contributed by atoms with Gasteiger partial charge in [-0.05, 0) is 49.6 Å². The summed E-state index contributed by atoms with van der Waals surface area (Å²) in [5, 5.41) is 0.851. The number of aromatic nitrogens is 2. The molecule has 104 valence electrons. The number of hydrogen-bond donors (Lipinski definition) is 1. The van der Waals surface area contributed by atoms with E-state index in [1.165, 1.54) is 21.5 Å². The van der Waals surface area contributed by atoms with Crippen LogP contribution in [-0.2, 0) is 6.54 Å². The Balaban J connectivity index is 2.28. The molecule has 0 amide bonds. The Hall–Kier alpha value is -1.81. The van der Waals surface area contributed by atoms with Crippen molar-refractivity contribution < 1.29 is 0 Å². The van der Waals surface area contributed by atoms with Crippen molar-refractivity contribution in [3.8, 4) is 10.7 Å². The largest absolute Gasteiger partial charge is 0.391 e. The fourth-order valence-corrected chi connectivity index (χ4v) is 3.53. The number of anilines is 1. The van der Waals surface area contributed by atoms with E-state index in [1.54, 1.807) is 11.3 Å². The molecule has 0 fully saturated rings. The SMILES string of the molecule is CCCn1c(-c2sc(N)cc2C)nc2cc(C)ccc21. The van der Waals surface area contributed by atoms with Gasteiger partial charge in [0.05, 0.1) is 20.9 Å². The van der Waals surface area contributed by atoms with Gasteiger partial charge in [-0.25, -0.2) is 4.98 Å². The number of nitrogen functional groups attached to an aromatic ring is 1. The van der Waals surface area contributed by atoms with E-state index in [1.807, 2.05) is 6.07 Å². The number of hydrogen-bond acceptors (Lipinski definition) is 3. The Morgan fingerprint density at radius 2 is 2.05 bits per heavy atom. The number of fused-ring (bicyclic) bond motifs is 1. The highest BCUT2D eigenvalue weighted by Crippen LogP contribution is 2.35. The van der Waals surface area contributed by atoms with Crippen molar-refractivity contribution in [2.24, 2.45) is 0 Å². The van der Waals surface area contributed by atoms with Crippen molar-refractivity contribution in [3.05, 3.63) is 35.4 Å². The van der Waals surface area contributed by atoms with Crippen LogP contribution in [0.25, 0.3) is 21.7 Å². The first-order valence-electron chi connectivity index (χ1n) is 6.93. The Labute approximate surface area is 123 Å². The second-order valence-electron chi connectivity index (χ2n) is 5.24. The summed E-state index contributed by atoms with van der Waals surface area (Å²) >= 11 is 1.62. The van der Waals surface area contributed by atoms with Gasteiger partial charge in [0.25, 0.3) is 0 Å². The third-order valence-corrected chi connectivity index (χ3v) is 4.55. The summed E-state index contributed by atoms with van der Waals surface area (Å²) in [5.74, 6) is 1.05. The summed E-state index contributed by atoms with van der Waals surface area (Å²) in [7, 11) is 0. The molecule has 3 aromatic rings. The number of aryl methyl sites for hydroxylation is 3. The predicted molar refractivity (Wildman–Crippen MR) is 87.2 cm³/mol. The summed E-state index contributed by atoms with van der Waals surface area (Å²) in [6, 6.07) is 8.50. The molecule has 0 aliphatic carbocycles. The molecule has 0 atom stereocenters. The maximum absolute atomic E-state index is 5.94. The van der Waals surface area contributed by atoms with Crippen LogP contribution in [0.1, 0.15) is 24.5 Å². The maximum atomic E-state index is 5.94. The van der Waals surface area contributed by atoms with Crippen LogP contribution in [0.2, 0.25) is 0 Å². The van der Waals surface area contributed by atoms with Crippen LogP contribution in [0.15, 0.2) is 24.3 Å². The summed E-state index contributed by atoms with van der Waals surface area (Å²) in [6.45, 7) is 7.38. The summed E-state index contributed by atoms with van der Waals surface area (Å²) in [6.07, 6.45) is 1.09. The molecule has 0 bridgehead atoms. The first kappa shape index (κ1) is 13.2. The highest BCUT2D eigenvalue weighted by Gasteiger charge is 2.16. The number of thiophene rings is 1. The van der Waals surface area contributed by atoms with Gasteiger partial charge < -0.3 is 10.3 Å². The third-order valence-electron chi connectivity index (χ3n) is 3.49. The molecule has 1 aromatic carbocycles. The van der Waals surface area contributed by atoms with Gasteiger partial charge in [-0.1, -0.05) is 13.0 Å².